The molecule has 14 heavy (non-hydrogen) atoms. The van der Waals surface area contributed by atoms with Crippen LogP contribution in [0.3, 0.4) is 0 Å². The van der Waals surface area contributed by atoms with Gasteiger partial charge in [-0.25, -0.2) is 9.97 Å². The molecule has 1 rings (SSSR count). The second-order valence-electron chi connectivity index (χ2n) is 2.80. The van der Waals surface area contributed by atoms with E-state index in [0.717, 1.165) is 12.1 Å². The van der Waals surface area contributed by atoms with E-state index in [1.165, 1.54) is 0 Å². The van der Waals surface area contributed by atoms with Crippen LogP contribution >= 0.6 is 0 Å². The second kappa shape index (κ2) is 5.16. The van der Waals surface area contributed by atoms with Crippen molar-refractivity contribution in [3.8, 4) is 0 Å². The van der Waals surface area contributed by atoms with E-state index in [4.69, 9.17) is 5.11 Å². The van der Waals surface area contributed by atoms with Crippen molar-refractivity contribution in [2.75, 3.05) is 11.9 Å². The van der Waals surface area contributed by atoms with Gasteiger partial charge in [-0.3, -0.25) is 4.79 Å². The third-order valence-electron chi connectivity index (χ3n) is 1.70. The molecule has 0 bridgehead atoms. The van der Waals surface area contributed by atoms with E-state index in [0.29, 0.717) is 12.5 Å². The normalized spacial score (nSPS) is 9.79. The Balaban J connectivity index is 2.46. The summed E-state index contributed by atoms with van der Waals surface area (Å²) in [6, 6.07) is 1.84. The molecule has 0 atom stereocenters. The highest BCUT2D eigenvalue weighted by Gasteiger charge is 1.99. The van der Waals surface area contributed by atoms with E-state index in [2.05, 4.69) is 15.3 Å². The lowest BCUT2D eigenvalue weighted by atomic mass is 10.3. The van der Waals surface area contributed by atoms with Crippen LogP contribution in [0.4, 0.5) is 5.95 Å². The van der Waals surface area contributed by atoms with Crippen LogP contribution in [0.2, 0.25) is 0 Å². The van der Waals surface area contributed by atoms with Crippen molar-refractivity contribution in [3.63, 3.8) is 0 Å². The quantitative estimate of drug-likeness (QED) is 0.730. The Hall–Kier alpha value is -1.65. The van der Waals surface area contributed by atoms with Gasteiger partial charge in [-0.05, 0) is 12.5 Å². The summed E-state index contributed by atoms with van der Waals surface area (Å²) < 4.78 is 0. The summed E-state index contributed by atoms with van der Waals surface area (Å²) >= 11 is 0. The molecule has 0 aliphatic heterocycles. The van der Waals surface area contributed by atoms with Crippen LogP contribution in [-0.2, 0) is 11.2 Å². The van der Waals surface area contributed by atoms with E-state index in [9.17, 15) is 4.79 Å². The smallest absolute Gasteiger partial charge is 0.305 e. The van der Waals surface area contributed by atoms with Gasteiger partial charge in [0.15, 0.2) is 0 Å². The second-order valence-corrected chi connectivity index (χ2v) is 2.80. The molecule has 0 saturated heterocycles. The maximum absolute atomic E-state index is 10.2. The van der Waals surface area contributed by atoms with Gasteiger partial charge >= 0.3 is 5.97 Å². The van der Waals surface area contributed by atoms with Gasteiger partial charge in [0.2, 0.25) is 5.95 Å². The largest absolute Gasteiger partial charge is 0.481 e. The SMILES string of the molecule is CCc1ccnc(NCCC(=O)O)n1. The Labute approximate surface area is 82.2 Å². The van der Waals surface area contributed by atoms with Gasteiger partial charge in [0.05, 0.1) is 6.42 Å². The van der Waals surface area contributed by atoms with Gasteiger partial charge in [-0.15, -0.1) is 0 Å². The molecular weight excluding hydrogens is 182 g/mol. The van der Waals surface area contributed by atoms with Gasteiger partial charge in [-0.2, -0.15) is 0 Å². The summed E-state index contributed by atoms with van der Waals surface area (Å²) in [5.74, 6) is -0.338. The lowest BCUT2D eigenvalue weighted by Gasteiger charge is -2.03. The molecule has 0 saturated carbocycles. The van der Waals surface area contributed by atoms with Crippen LogP contribution in [0.5, 0.6) is 0 Å². The number of nitrogens with one attached hydrogen (secondary N) is 1. The van der Waals surface area contributed by atoms with Crippen LogP contribution in [0, 0.1) is 0 Å². The predicted molar refractivity (Wildman–Crippen MR) is 52.2 cm³/mol. The van der Waals surface area contributed by atoms with Crippen molar-refractivity contribution >= 4 is 11.9 Å². The van der Waals surface area contributed by atoms with Crippen LogP contribution in [0.1, 0.15) is 19.0 Å². The molecule has 1 aromatic rings. The number of carbonyl (C=O) groups is 1. The minimum Gasteiger partial charge on any atom is -0.481 e. The van der Waals surface area contributed by atoms with Gasteiger partial charge in [0, 0.05) is 18.4 Å². The minimum atomic E-state index is -0.829. The average molecular weight is 195 g/mol. The van der Waals surface area contributed by atoms with Crippen LogP contribution < -0.4 is 5.32 Å². The average Bonchev–Trinajstić information content (AvgIpc) is 2.18. The number of hydrogen-bond donors (Lipinski definition) is 2. The van der Waals surface area contributed by atoms with Crippen LogP contribution in [-0.4, -0.2) is 27.6 Å². The number of rotatable bonds is 5. The van der Waals surface area contributed by atoms with E-state index in [1.807, 2.05) is 13.0 Å². The van der Waals surface area contributed by atoms with Crippen molar-refractivity contribution < 1.29 is 9.90 Å². The first-order valence-corrected chi connectivity index (χ1v) is 4.50. The molecule has 2 N–H and O–H groups in total. The molecule has 0 aliphatic carbocycles. The number of hydrogen-bond acceptors (Lipinski definition) is 4. The molecule has 0 unspecified atom stereocenters. The Kier molecular flexibility index (Phi) is 3.84. The molecule has 5 heteroatoms. The number of nitrogens with zero attached hydrogens (tertiary/aromatic N) is 2. The molecule has 0 fully saturated rings. The maximum atomic E-state index is 10.2. The van der Waals surface area contributed by atoms with E-state index in [1.54, 1.807) is 6.20 Å². The predicted octanol–water partition coefficient (Wildman–Crippen LogP) is 0.926. The standard InChI is InChI=1S/C9H13N3O2/c1-2-7-3-5-10-9(12-7)11-6-4-8(13)14/h3,5H,2,4,6H2,1H3,(H,13,14)(H,10,11,12). The highest BCUT2D eigenvalue weighted by Crippen LogP contribution is 2.00. The van der Waals surface area contributed by atoms with Crippen molar-refractivity contribution in [1.29, 1.82) is 0 Å². The third-order valence-corrected chi connectivity index (χ3v) is 1.70. The number of anilines is 1. The molecule has 1 heterocycles. The number of aliphatic carboxylic acids is 1. The number of carboxylic acids is 1. The van der Waals surface area contributed by atoms with Crippen molar-refractivity contribution in [2.24, 2.45) is 0 Å². The van der Waals surface area contributed by atoms with Crippen LogP contribution in [0.15, 0.2) is 12.3 Å². The molecule has 0 amide bonds. The molecule has 0 aliphatic rings. The van der Waals surface area contributed by atoms with Gasteiger partial charge in [-0.1, -0.05) is 6.92 Å². The Morgan fingerprint density at radius 3 is 3.07 bits per heavy atom. The maximum Gasteiger partial charge on any atom is 0.305 e. The molecule has 5 nitrogen and oxygen atoms in total. The highest BCUT2D eigenvalue weighted by atomic mass is 16.4. The number of carboxylic acid groups (broad SMARTS) is 1. The van der Waals surface area contributed by atoms with E-state index in [-0.39, 0.29) is 6.42 Å². The topological polar surface area (TPSA) is 75.1 Å². The molecule has 0 aromatic carbocycles. The van der Waals surface area contributed by atoms with Gasteiger partial charge < -0.3 is 10.4 Å². The fraction of sp³-hybridized carbons (Fsp3) is 0.444. The lowest BCUT2D eigenvalue weighted by molar-refractivity contribution is -0.136. The van der Waals surface area contributed by atoms with E-state index < -0.39 is 5.97 Å². The molecule has 76 valence electrons. The first-order valence-electron chi connectivity index (χ1n) is 4.50. The molecular formula is C9H13N3O2. The Morgan fingerprint density at radius 2 is 2.43 bits per heavy atom. The molecule has 0 spiro atoms. The zero-order valence-corrected chi connectivity index (χ0v) is 8.03. The van der Waals surface area contributed by atoms with Crippen molar-refractivity contribution in [3.05, 3.63) is 18.0 Å². The van der Waals surface area contributed by atoms with Crippen molar-refractivity contribution in [1.82, 2.24) is 9.97 Å². The molecule has 1 aromatic heterocycles. The van der Waals surface area contributed by atoms with Gasteiger partial charge in [0.25, 0.3) is 0 Å². The Morgan fingerprint density at radius 1 is 1.64 bits per heavy atom. The first-order chi connectivity index (χ1) is 6.72. The summed E-state index contributed by atoms with van der Waals surface area (Å²) in [7, 11) is 0. The minimum absolute atomic E-state index is 0.0692. The number of aryl methyl sites for hydroxylation is 1. The summed E-state index contributed by atoms with van der Waals surface area (Å²) in [4.78, 5) is 18.4. The summed E-state index contributed by atoms with van der Waals surface area (Å²) in [5, 5.41) is 11.3. The fourth-order valence-electron chi connectivity index (χ4n) is 0.959. The first kappa shape index (κ1) is 10.4. The molecule has 0 radical (unpaired) electrons. The van der Waals surface area contributed by atoms with Crippen molar-refractivity contribution in [2.45, 2.75) is 19.8 Å². The fourth-order valence-corrected chi connectivity index (χ4v) is 0.959. The Bertz CT molecular complexity index is 315. The summed E-state index contributed by atoms with van der Waals surface area (Å²) in [6.07, 6.45) is 2.57. The number of aromatic nitrogens is 2. The lowest BCUT2D eigenvalue weighted by Crippen LogP contribution is -2.10. The third kappa shape index (κ3) is 3.38. The summed E-state index contributed by atoms with van der Waals surface area (Å²) in [6.45, 7) is 2.35. The monoisotopic (exact) mass is 195 g/mol. The zero-order chi connectivity index (χ0) is 10.4. The zero-order valence-electron chi connectivity index (χ0n) is 8.03. The van der Waals surface area contributed by atoms with Gasteiger partial charge in [0.1, 0.15) is 0 Å². The summed E-state index contributed by atoms with van der Waals surface area (Å²) in [5.41, 5.74) is 0.942. The van der Waals surface area contributed by atoms with Crippen LogP contribution in [0.25, 0.3) is 0 Å². The van der Waals surface area contributed by atoms with E-state index >= 15 is 0 Å². The highest BCUT2D eigenvalue weighted by molar-refractivity contribution is 5.67.